The lowest BCUT2D eigenvalue weighted by molar-refractivity contribution is -0.142. The molecule has 6 heteroatoms. The van der Waals surface area contributed by atoms with Crippen LogP contribution in [0.2, 0.25) is 0 Å². The Morgan fingerprint density at radius 3 is 2.56 bits per heavy atom. The molecular weight excluding hydrogens is 254 g/mol. The Kier molecular flexibility index (Phi) is 3.41. The van der Waals surface area contributed by atoms with E-state index in [1.807, 2.05) is 6.07 Å². The van der Waals surface area contributed by atoms with Gasteiger partial charge in [0.1, 0.15) is 17.0 Å². The normalized spacial score (nSPS) is 22.2. The van der Waals surface area contributed by atoms with Crippen LogP contribution in [0.25, 0.3) is 0 Å². The zero-order valence-corrected chi connectivity index (χ0v) is 11.0. The number of methoxy groups -OCH3 is 2. The first-order chi connectivity index (χ1) is 8.51. The molecule has 1 aromatic rings. The fraction of sp³-hybridized carbons (Fsp3) is 0.417. The number of carboxylic acids is 1. The van der Waals surface area contributed by atoms with Crippen LogP contribution in [0.15, 0.2) is 17.0 Å². The lowest BCUT2D eigenvalue weighted by atomic mass is 9.92. The van der Waals surface area contributed by atoms with Gasteiger partial charge in [-0.15, -0.1) is 11.8 Å². The van der Waals surface area contributed by atoms with Gasteiger partial charge in [0.05, 0.1) is 19.1 Å². The summed E-state index contributed by atoms with van der Waals surface area (Å²) in [7, 11) is 3.14. The first kappa shape index (κ1) is 13.0. The molecule has 0 bridgehead atoms. The number of benzene rings is 1. The molecule has 3 N–H and O–H groups in total. The molecule has 0 saturated carbocycles. The lowest BCUT2D eigenvalue weighted by Gasteiger charge is -2.31. The molecule has 1 aromatic carbocycles. The summed E-state index contributed by atoms with van der Waals surface area (Å²) in [5, 5.41) is 9.20. The van der Waals surface area contributed by atoms with Gasteiger partial charge in [0, 0.05) is 17.7 Å². The van der Waals surface area contributed by atoms with E-state index in [4.69, 9.17) is 15.2 Å². The van der Waals surface area contributed by atoms with Crippen molar-refractivity contribution < 1.29 is 19.4 Å². The quantitative estimate of drug-likeness (QED) is 0.856. The smallest absolute Gasteiger partial charge is 0.324 e. The Hall–Kier alpha value is -1.40. The highest BCUT2D eigenvalue weighted by Gasteiger charge is 2.40. The Morgan fingerprint density at radius 2 is 2.00 bits per heavy atom. The number of fused-ring (bicyclic) bond motifs is 1. The van der Waals surface area contributed by atoms with Crippen LogP contribution in [-0.4, -0.2) is 36.6 Å². The van der Waals surface area contributed by atoms with Crippen LogP contribution >= 0.6 is 11.8 Å². The topological polar surface area (TPSA) is 81.8 Å². The molecule has 0 amide bonds. The fourth-order valence-electron chi connectivity index (χ4n) is 1.97. The number of rotatable bonds is 3. The van der Waals surface area contributed by atoms with Gasteiger partial charge in [-0.1, -0.05) is 0 Å². The van der Waals surface area contributed by atoms with Crippen LogP contribution in [0.4, 0.5) is 0 Å². The molecule has 5 nitrogen and oxygen atoms in total. The molecule has 2 rings (SSSR count). The highest BCUT2D eigenvalue weighted by atomic mass is 32.2. The Morgan fingerprint density at radius 1 is 1.39 bits per heavy atom. The molecule has 1 aliphatic heterocycles. The van der Waals surface area contributed by atoms with E-state index in [1.165, 1.54) is 11.8 Å². The Labute approximate surface area is 109 Å². The minimum Gasteiger partial charge on any atom is -0.496 e. The summed E-state index contributed by atoms with van der Waals surface area (Å²) in [5.74, 6) is 0.696. The molecule has 1 atom stereocenters. The number of hydrogen-bond acceptors (Lipinski definition) is 5. The van der Waals surface area contributed by atoms with Crippen LogP contribution < -0.4 is 15.2 Å². The summed E-state index contributed by atoms with van der Waals surface area (Å²) in [6, 6.07) is 3.58. The van der Waals surface area contributed by atoms with Gasteiger partial charge < -0.3 is 20.3 Å². The minimum atomic E-state index is -1.25. The van der Waals surface area contributed by atoms with Crippen LogP contribution in [0, 0.1) is 0 Å². The van der Waals surface area contributed by atoms with Crippen molar-refractivity contribution in [3.05, 3.63) is 17.7 Å². The summed E-state index contributed by atoms with van der Waals surface area (Å²) in [4.78, 5) is 12.1. The van der Waals surface area contributed by atoms with Crippen molar-refractivity contribution in [2.45, 2.75) is 16.9 Å². The zero-order chi connectivity index (χ0) is 13.3. The maximum atomic E-state index is 11.2. The van der Waals surface area contributed by atoms with Gasteiger partial charge in [0.15, 0.2) is 0 Å². The van der Waals surface area contributed by atoms with E-state index in [0.29, 0.717) is 11.5 Å². The molecule has 1 heterocycles. The third-order valence-electron chi connectivity index (χ3n) is 3.01. The SMILES string of the molecule is COc1ccc(OC)c2c1CC(N)(C(=O)O)CS2. The van der Waals surface area contributed by atoms with E-state index in [-0.39, 0.29) is 6.42 Å². The van der Waals surface area contributed by atoms with Gasteiger partial charge in [-0.3, -0.25) is 4.79 Å². The lowest BCUT2D eigenvalue weighted by Crippen LogP contribution is -2.53. The Balaban J connectivity index is 2.50. The maximum absolute atomic E-state index is 11.2. The monoisotopic (exact) mass is 269 g/mol. The van der Waals surface area contributed by atoms with Gasteiger partial charge in [-0.05, 0) is 12.1 Å². The van der Waals surface area contributed by atoms with Gasteiger partial charge in [-0.2, -0.15) is 0 Å². The van der Waals surface area contributed by atoms with E-state index >= 15 is 0 Å². The summed E-state index contributed by atoms with van der Waals surface area (Å²) >= 11 is 1.39. The second-order valence-electron chi connectivity index (χ2n) is 4.20. The van der Waals surface area contributed by atoms with Crippen LogP contribution in [0.5, 0.6) is 11.5 Å². The summed E-state index contributed by atoms with van der Waals surface area (Å²) in [5.41, 5.74) is 5.47. The molecular formula is C12H15NO4S. The predicted octanol–water partition coefficient (Wildman–Crippen LogP) is 1.13. The third-order valence-corrected chi connectivity index (χ3v) is 4.41. The zero-order valence-electron chi connectivity index (χ0n) is 10.2. The predicted molar refractivity (Wildman–Crippen MR) is 68.5 cm³/mol. The van der Waals surface area contributed by atoms with E-state index in [9.17, 15) is 9.90 Å². The number of carboxylic acid groups (broad SMARTS) is 1. The minimum absolute atomic E-state index is 0.241. The van der Waals surface area contributed by atoms with E-state index < -0.39 is 11.5 Å². The van der Waals surface area contributed by atoms with Crippen LogP contribution in [-0.2, 0) is 11.2 Å². The number of ether oxygens (including phenoxy) is 2. The summed E-state index contributed by atoms with van der Waals surface area (Å²) < 4.78 is 10.5. The van der Waals surface area contributed by atoms with Gasteiger partial charge in [-0.25, -0.2) is 0 Å². The number of aliphatic carboxylic acids is 1. The molecule has 0 fully saturated rings. The van der Waals surface area contributed by atoms with Crippen LogP contribution in [0.3, 0.4) is 0 Å². The second kappa shape index (κ2) is 4.70. The molecule has 0 spiro atoms. The van der Waals surface area contributed by atoms with Crippen molar-refractivity contribution in [1.82, 2.24) is 0 Å². The second-order valence-corrected chi connectivity index (χ2v) is 5.19. The maximum Gasteiger partial charge on any atom is 0.324 e. The average Bonchev–Trinajstić information content (AvgIpc) is 2.37. The molecule has 0 aromatic heterocycles. The molecule has 0 aliphatic carbocycles. The summed E-state index contributed by atoms with van der Waals surface area (Å²) in [6.07, 6.45) is 0.241. The fourth-order valence-corrected chi connectivity index (χ4v) is 3.24. The molecule has 18 heavy (non-hydrogen) atoms. The molecule has 0 radical (unpaired) electrons. The van der Waals surface area contributed by atoms with Crippen molar-refractivity contribution >= 4 is 17.7 Å². The standard InChI is InChI=1S/C12H15NO4S/c1-16-8-3-4-9(17-2)10-7(8)5-12(13,6-18-10)11(14)15/h3-4H,5-6,13H2,1-2H3,(H,14,15). The van der Waals surface area contributed by atoms with Crippen molar-refractivity contribution in [2.24, 2.45) is 5.73 Å². The van der Waals surface area contributed by atoms with E-state index in [2.05, 4.69) is 0 Å². The number of thioether (sulfide) groups is 1. The van der Waals surface area contributed by atoms with Crippen molar-refractivity contribution in [3.8, 4) is 11.5 Å². The van der Waals surface area contributed by atoms with Gasteiger partial charge in [0.2, 0.25) is 0 Å². The molecule has 1 unspecified atom stereocenters. The van der Waals surface area contributed by atoms with Crippen molar-refractivity contribution in [1.29, 1.82) is 0 Å². The van der Waals surface area contributed by atoms with Crippen LogP contribution in [0.1, 0.15) is 5.56 Å². The highest BCUT2D eigenvalue weighted by molar-refractivity contribution is 7.99. The number of carbonyl (C=O) groups is 1. The number of nitrogens with two attached hydrogens (primary N) is 1. The first-order valence-corrected chi connectivity index (χ1v) is 6.39. The van der Waals surface area contributed by atoms with E-state index in [0.717, 1.165) is 16.2 Å². The van der Waals surface area contributed by atoms with E-state index in [1.54, 1.807) is 20.3 Å². The average molecular weight is 269 g/mol. The molecule has 0 saturated heterocycles. The summed E-state index contributed by atoms with van der Waals surface area (Å²) in [6.45, 7) is 0. The van der Waals surface area contributed by atoms with Gasteiger partial charge >= 0.3 is 5.97 Å². The van der Waals surface area contributed by atoms with Gasteiger partial charge in [0.25, 0.3) is 0 Å². The first-order valence-electron chi connectivity index (χ1n) is 5.41. The molecule has 1 aliphatic rings. The number of hydrogen-bond donors (Lipinski definition) is 2. The Bertz CT molecular complexity index is 491. The largest absolute Gasteiger partial charge is 0.496 e. The van der Waals surface area contributed by atoms with Crippen molar-refractivity contribution in [2.75, 3.05) is 20.0 Å². The third kappa shape index (κ3) is 2.02. The van der Waals surface area contributed by atoms with Crippen molar-refractivity contribution in [3.63, 3.8) is 0 Å². The highest BCUT2D eigenvalue weighted by Crippen LogP contribution is 2.44. The molecule has 98 valence electrons.